The Morgan fingerprint density at radius 3 is 2.93 bits per heavy atom. The van der Waals surface area contributed by atoms with Crippen molar-refractivity contribution >= 4 is 23.2 Å². The zero-order valence-corrected chi connectivity index (χ0v) is 8.92. The number of nitrogens with one attached hydrogen (secondary N) is 1. The van der Waals surface area contributed by atoms with Crippen molar-refractivity contribution < 1.29 is 9.90 Å². The normalized spacial score (nSPS) is 9.67. The van der Waals surface area contributed by atoms with Gasteiger partial charge in [0.25, 0.3) is 0 Å². The summed E-state index contributed by atoms with van der Waals surface area (Å²) in [5.41, 5.74) is 0.503. The summed E-state index contributed by atoms with van der Waals surface area (Å²) in [7, 11) is 0. The van der Waals surface area contributed by atoms with Crippen molar-refractivity contribution in [3.05, 3.63) is 35.9 Å². The van der Waals surface area contributed by atoms with Gasteiger partial charge in [0.15, 0.2) is 0 Å². The highest BCUT2D eigenvalue weighted by Gasteiger charge is 2.05. The van der Waals surface area contributed by atoms with E-state index in [0.717, 1.165) is 0 Å². The van der Waals surface area contributed by atoms with E-state index in [1.165, 1.54) is 12.1 Å². The van der Waals surface area contributed by atoms with E-state index in [0.29, 0.717) is 23.6 Å². The number of allylic oxidation sites excluding steroid dienone is 1. The smallest absolute Gasteiger partial charge is 0.224 e. The molecule has 1 rings (SSSR count). The van der Waals surface area contributed by atoms with Crippen LogP contribution in [0.1, 0.15) is 12.8 Å². The highest BCUT2D eigenvalue weighted by molar-refractivity contribution is 6.33. The van der Waals surface area contributed by atoms with E-state index in [1.54, 1.807) is 12.1 Å². The third-order valence-corrected chi connectivity index (χ3v) is 2.11. The van der Waals surface area contributed by atoms with Crippen LogP contribution in [0, 0.1) is 0 Å². The van der Waals surface area contributed by atoms with Crippen LogP contribution in [0.25, 0.3) is 0 Å². The number of anilines is 1. The van der Waals surface area contributed by atoms with Gasteiger partial charge in [-0.2, -0.15) is 0 Å². The summed E-state index contributed by atoms with van der Waals surface area (Å²) in [5, 5.41) is 12.1. The largest absolute Gasteiger partial charge is 0.508 e. The first kappa shape index (κ1) is 11.6. The van der Waals surface area contributed by atoms with Crippen molar-refractivity contribution in [2.24, 2.45) is 0 Å². The van der Waals surface area contributed by atoms with Gasteiger partial charge in [0.2, 0.25) is 5.91 Å². The Labute approximate surface area is 93.4 Å². The Kier molecular flexibility index (Phi) is 4.18. The highest BCUT2D eigenvalue weighted by atomic mass is 35.5. The maximum Gasteiger partial charge on any atom is 0.224 e. The molecule has 4 heteroatoms. The lowest BCUT2D eigenvalue weighted by Gasteiger charge is -2.06. The molecule has 0 fully saturated rings. The molecule has 0 atom stereocenters. The fraction of sp³-hybridized carbons (Fsp3) is 0.182. The summed E-state index contributed by atoms with van der Waals surface area (Å²) < 4.78 is 0. The van der Waals surface area contributed by atoms with Gasteiger partial charge in [0.1, 0.15) is 5.75 Å². The minimum absolute atomic E-state index is 0.0732. The van der Waals surface area contributed by atoms with E-state index < -0.39 is 0 Å². The van der Waals surface area contributed by atoms with Crippen molar-refractivity contribution in [1.29, 1.82) is 0 Å². The van der Waals surface area contributed by atoms with Crippen LogP contribution in [0.15, 0.2) is 30.9 Å². The average Bonchev–Trinajstić information content (AvgIpc) is 2.19. The minimum atomic E-state index is -0.123. The lowest BCUT2D eigenvalue weighted by molar-refractivity contribution is -0.116. The second-order valence-corrected chi connectivity index (χ2v) is 3.45. The lowest BCUT2D eigenvalue weighted by Crippen LogP contribution is -2.10. The molecule has 0 saturated carbocycles. The molecule has 0 spiro atoms. The van der Waals surface area contributed by atoms with Gasteiger partial charge in [0.05, 0.1) is 10.7 Å². The van der Waals surface area contributed by atoms with E-state index in [-0.39, 0.29) is 11.7 Å². The lowest BCUT2D eigenvalue weighted by atomic mass is 10.2. The van der Waals surface area contributed by atoms with Gasteiger partial charge in [-0.3, -0.25) is 4.79 Å². The SMILES string of the molecule is C=CCCC(=O)Nc1ccc(O)cc1Cl. The van der Waals surface area contributed by atoms with Gasteiger partial charge in [-0.1, -0.05) is 17.7 Å². The molecule has 0 saturated heterocycles. The number of carbonyl (C=O) groups is 1. The number of hydrogen-bond donors (Lipinski definition) is 2. The number of aromatic hydroxyl groups is 1. The fourth-order valence-corrected chi connectivity index (χ4v) is 1.27. The predicted octanol–water partition coefficient (Wildman–Crippen LogP) is 2.95. The molecular formula is C11H12ClNO2. The second kappa shape index (κ2) is 5.41. The summed E-state index contributed by atoms with van der Waals surface area (Å²) in [6.07, 6.45) is 2.68. The number of rotatable bonds is 4. The van der Waals surface area contributed by atoms with E-state index in [4.69, 9.17) is 16.7 Å². The Balaban J connectivity index is 2.64. The molecule has 0 heterocycles. The van der Waals surface area contributed by atoms with Gasteiger partial charge >= 0.3 is 0 Å². The first-order valence-electron chi connectivity index (χ1n) is 4.52. The van der Waals surface area contributed by atoms with E-state index in [1.807, 2.05) is 0 Å². The maximum atomic E-state index is 11.3. The predicted molar refractivity (Wildman–Crippen MR) is 61.2 cm³/mol. The number of phenols is 1. The van der Waals surface area contributed by atoms with Gasteiger partial charge in [-0.15, -0.1) is 6.58 Å². The molecule has 0 aromatic heterocycles. The molecule has 1 aromatic carbocycles. The minimum Gasteiger partial charge on any atom is -0.508 e. The Morgan fingerprint density at radius 2 is 2.33 bits per heavy atom. The number of amides is 1. The van der Waals surface area contributed by atoms with Crippen molar-refractivity contribution in [3.63, 3.8) is 0 Å². The van der Waals surface area contributed by atoms with E-state index in [9.17, 15) is 4.79 Å². The Bertz CT molecular complexity index is 377. The third kappa shape index (κ3) is 3.64. The molecule has 0 aliphatic heterocycles. The summed E-state index contributed by atoms with van der Waals surface area (Å²) in [4.78, 5) is 11.3. The Morgan fingerprint density at radius 1 is 1.60 bits per heavy atom. The van der Waals surface area contributed by atoms with Crippen LogP contribution < -0.4 is 5.32 Å². The quantitative estimate of drug-likeness (QED) is 0.612. The fourth-order valence-electron chi connectivity index (χ4n) is 1.05. The van der Waals surface area contributed by atoms with Crippen LogP contribution in [-0.2, 0) is 4.79 Å². The standard InChI is InChI=1S/C11H12ClNO2/c1-2-3-4-11(15)13-10-6-5-8(14)7-9(10)12/h2,5-7,14H,1,3-4H2,(H,13,15). The molecule has 0 unspecified atom stereocenters. The molecule has 1 aromatic rings. The van der Waals surface area contributed by atoms with Gasteiger partial charge in [-0.05, 0) is 18.6 Å². The van der Waals surface area contributed by atoms with Crippen molar-refractivity contribution in [1.82, 2.24) is 0 Å². The molecule has 1 amide bonds. The zero-order valence-electron chi connectivity index (χ0n) is 8.16. The van der Waals surface area contributed by atoms with Crippen molar-refractivity contribution in [2.75, 3.05) is 5.32 Å². The van der Waals surface area contributed by atoms with Crippen LogP contribution >= 0.6 is 11.6 Å². The summed E-state index contributed by atoms with van der Waals surface area (Å²) >= 11 is 5.81. The van der Waals surface area contributed by atoms with E-state index in [2.05, 4.69) is 11.9 Å². The first-order chi connectivity index (χ1) is 7.13. The molecular weight excluding hydrogens is 214 g/mol. The number of halogens is 1. The summed E-state index contributed by atoms with van der Waals surface area (Å²) in [6, 6.07) is 4.41. The summed E-state index contributed by atoms with van der Waals surface area (Å²) in [5.74, 6) is -0.0495. The van der Waals surface area contributed by atoms with Crippen LogP contribution in [0.4, 0.5) is 5.69 Å². The van der Waals surface area contributed by atoms with Crippen LogP contribution in [0.3, 0.4) is 0 Å². The van der Waals surface area contributed by atoms with E-state index >= 15 is 0 Å². The van der Waals surface area contributed by atoms with Gasteiger partial charge in [0, 0.05) is 12.5 Å². The highest BCUT2D eigenvalue weighted by Crippen LogP contribution is 2.25. The molecule has 15 heavy (non-hydrogen) atoms. The van der Waals surface area contributed by atoms with Crippen molar-refractivity contribution in [2.45, 2.75) is 12.8 Å². The van der Waals surface area contributed by atoms with Crippen LogP contribution in [0.2, 0.25) is 5.02 Å². The average molecular weight is 226 g/mol. The van der Waals surface area contributed by atoms with Crippen LogP contribution in [-0.4, -0.2) is 11.0 Å². The molecule has 80 valence electrons. The third-order valence-electron chi connectivity index (χ3n) is 1.80. The number of phenolic OH excluding ortho intramolecular Hbond substituents is 1. The molecule has 2 N–H and O–H groups in total. The van der Waals surface area contributed by atoms with Gasteiger partial charge in [-0.25, -0.2) is 0 Å². The molecule has 0 aliphatic rings. The maximum absolute atomic E-state index is 11.3. The molecule has 0 aliphatic carbocycles. The number of hydrogen-bond acceptors (Lipinski definition) is 2. The van der Waals surface area contributed by atoms with Gasteiger partial charge < -0.3 is 10.4 Å². The zero-order chi connectivity index (χ0) is 11.3. The van der Waals surface area contributed by atoms with Crippen LogP contribution in [0.5, 0.6) is 5.75 Å². The molecule has 0 bridgehead atoms. The molecule has 0 radical (unpaired) electrons. The second-order valence-electron chi connectivity index (χ2n) is 3.04. The van der Waals surface area contributed by atoms with Crippen molar-refractivity contribution in [3.8, 4) is 5.75 Å². The summed E-state index contributed by atoms with van der Waals surface area (Å²) in [6.45, 7) is 3.53. The number of benzene rings is 1. The topological polar surface area (TPSA) is 49.3 Å². The Hall–Kier alpha value is -1.48. The number of carbonyl (C=O) groups excluding carboxylic acids is 1. The first-order valence-corrected chi connectivity index (χ1v) is 4.90. The monoisotopic (exact) mass is 225 g/mol. The molecule has 3 nitrogen and oxygen atoms in total.